The van der Waals surface area contributed by atoms with Gasteiger partial charge in [-0.25, -0.2) is 13.2 Å². The Balaban J connectivity index is 2.36. The van der Waals surface area contributed by atoms with Gasteiger partial charge in [0.1, 0.15) is 5.82 Å². The lowest BCUT2D eigenvalue weighted by Crippen LogP contribution is -2.54. The van der Waals surface area contributed by atoms with Gasteiger partial charge in [-0.3, -0.25) is 0 Å². The largest absolute Gasteiger partial charge is 0.363 e. The van der Waals surface area contributed by atoms with E-state index in [1.165, 1.54) is 0 Å². The van der Waals surface area contributed by atoms with Gasteiger partial charge in [0, 0.05) is 37.8 Å². The van der Waals surface area contributed by atoms with E-state index < -0.39 is 17.5 Å². The van der Waals surface area contributed by atoms with Crippen LogP contribution in [0.5, 0.6) is 0 Å². The molecule has 100 valence electrons. The summed E-state index contributed by atoms with van der Waals surface area (Å²) in [5.41, 5.74) is 0.147. The van der Waals surface area contributed by atoms with Crippen LogP contribution >= 0.6 is 0 Å². The molecule has 2 rings (SSSR count). The van der Waals surface area contributed by atoms with Crippen LogP contribution < -0.4 is 10.2 Å². The van der Waals surface area contributed by atoms with Crippen LogP contribution in [0.3, 0.4) is 0 Å². The number of rotatable bonds is 2. The number of halogens is 3. The van der Waals surface area contributed by atoms with E-state index in [0.717, 1.165) is 12.6 Å². The van der Waals surface area contributed by atoms with Gasteiger partial charge < -0.3 is 10.2 Å². The zero-order valence-electron chi connectivity index (χ0n) is 10.5. The molecule has 1 heterocycles. The summed E-state index contributed by atoms with van der Waals surface area (Å²) in [5.74, 6) is -2.56. The molecule has 0 saturated carbocycles. The second-order valence-electron chi connectivity index (χ2n) is 4.93. The average molecular weight is 258 g/mol. The number of piperazine rings is 1. The molecular weight excluding hydrogens is 241 g/mol. The zero-order chi connectivity index (χ0) is 13.3. The highest BCUT2D eigenvalue weighted by Gasteiger charge is 2.27. The van der Waals surface area contributed by atoms with Crippen molar-refractivity contribution in [2.45, 2.75) is 19.9 Å². The minimum Gasteiger partial charge on any atom is -0.363 e. The van der Waals surface area contributed by atoms with E-state index in [-0.39, 0.29) is 11.7 Å². The van der Waals surface area contributed by atoms with Crippen molar-refractivity contribution in [3.63, 3.8) is 0 Å². The van der Waals surface area contributed by atoms with Gasteiger partial charge in [-0.05, 0) is 5.92 Å². The summed E-state index contributed by atoms with van der Waals surface area (Å²) in [6.07, 6.45) is 0. The number of benzene rings is 1. The Bertz CT molecular complexity index is 434. The van der Waals surface area contributed by atoms with Crippen molar-refractivity contribution in [3.8, 4) is 0 Å². The first kappa shape index (κ1) is 13.2. The smallest absolute Gasteiger partial charge is 0.161 e. The molecule has 1 unspecified atom stereocenters. The fourth-order valence-electron chi connectivity index (χ4n) is 2.35. The highest BCUT2D eigenvalue weighted by Crippen LogP contribution is 2.27. The lowest BCUT2D eigenvalue weighted by atomic mass is 9.99. The summed E-state index contributed by atoms with van der Waals surface area (Å²) in [6.45, 7) is 6.08. The monoisotopic (exact) mass is 258 g/mol. The minimum absolute atomic E-state index is 0.0816. The van der Waals surface area contributed by atoms with Crippen molar-refractivity contribution in [1.82, 2.24) is 5.32 Å². The summed E-state index contributed by atoms with van der Waals surface area (Å²) in [4.78, 5) is 1.82. The van der Waals surface area contributed by atoms with Crippen LogP contribution in [0, 0.1) is 23.4 Å². The van der Waals surface area contributed by atoms with E-state index in [9.17, 15) is 13.2 Å². The van der Waals surface area contributed by atoms with Crippen LogP contribution in [0.1, 0.15) is 13.8 Å². The third-order valence-corrected chi connectivity index (χ3v) is 3.35. The molecule has 0 amide bonds. The standard InChI is InChI=1S/C13H17F3N2/c1-8(2)13-7-17-3-4-18(13)12-6-10(15)9(14)5-11(12)16/h5-6,8,13,17H,3-4,7H2,1-2H3. The summed E-state index contributed by atoms with van der Waals surface area (Å²) < 4.78 is 40.0. The Morgan fingerprint density at radius 2 is 1.83 bits per heavy atom. The topological polar surface area (TPSA) is 15.3 Å². The van der Waals surface area contributed by atoms with Crippen molar-refractivity contribution < 1.29 is 13.2 Å². The number of anilines is 1. The predicted octanol–water partition coefficient (Wildman–Crippen LogP) is 2.54. The lowest BCUT2D eigenvalue weighted by molar-refractivity contribution is 0.385. The van der Waals surface area contributed by atoms with Crippen LogP contribution in [0.4, 0.5) is 18.9 Å². The molecule has 0 radical (unpaired) electrons. The molecule has 0 aliphatic carbocycles. The number of hydrogen-bond acceptors (Lipinski definition) is 2. The summed E-state index contributed by atoms with van der Waals surface area (Å²) in [5, 5.41) is 3.23. The lowest BCUT2D eigenvalue weighted by Gasteiger charge is -2.40. The molecule has 1 aliphatic heterocycles. The number of nitrogens with zero attached hydrogens (tertiary/aromatic N) is 1. The van der Waals surface area contributed by atoms with Gasteiger partial charge in [0.25, 0.3) is 0 Å². The molecule has 18 heavy (non-hydrogen) atoms. The third-order valence-electron chi connectivity index (χ3n) is 3.35. The molecule has 1 aromatic carbocycles. The first-order chi connectivity index (χ1) is 8.50. The Labute approximate surface area is 105 Å². The van der Waals surface area contributed by atoms with E-state index in [1.807, 2.05) is 18.7 Å². The molecule has 0 aromatic heterocycles. The maximum absolute atomic E-state index is 13.8. The van der Waals surface area contributed by atoms with E-state index in [1.54, 1.807) is 0 Å². The number of nitrogens with one attached hydrogen (secondary N) is 1. The first-order valence-corrected chi connectivity index (χ1v) is 6.12. The Hall–Kier alpha value is -1.23. The molecule has 5 heteroatoms. The van der Waals surface area contributed by atoms with Gasteiger partial charge in [0.2, 0.25) is 0 Å². The molecule has 1 N–H and O–H groups in total. The maximum atomic E-state index is 13.8. The van der Waals surface area contributed by atoms with Gasteiger partial charge in [0.05, 0.1) is 5.69 Å². The molecule has 1 aliphatic rings. The van der Waals surface area contributed by atoms with Gasteiger partial charge in [-0.2, -0.15) is 0 Å². The molecule has 1 fully saturated rings. The second kappa shape index (κ2) is 5.18. The highest BCUT2D eigenvalue weighted by atomic mass is 19.2. The predicted molar refractivity (Wildman–Crippen MR) is 65.2 cm³/mol. The highest BCUT2D eigenvalue weighted by molar-refractivity contribution is 5.50. The van der Waals surface area contributed by atoms with Crippen molar-refractivity contribution in [2.75, 3.05) is 24.5 Å². The van der Waals surface area contributed by atoms with Crippen LogP contribution in [0.15, 0.2) is 12.1 Å². The van der Waals surface area contributed by atoms with E-state index in [0.29, 0.717) is 25.1 Å². The Morgan fingerprint density at radius 3 is 2.50 bits per heavy atom. The van der Waals surface area contributed by atoms with E-state index in [2.05, 4.69) is 5.32 Å². The molecular formula is C13H17F3N2. The third kappa shape index (κ3) is 2.46. The average Bonchev–Trinajstić information content (AvgIpc) is 2.34. The summed E-state index contributed by atoms with van der Waals surface area (Å²) >= 11 is 0. The fraction of sp³-hybridized carbons (Fsp3) is 0.538. The van der Waals surface area contributed by atoms with Crippen LogP contribution in [0.2, 0.25) is 0 Å². The SMILES string of the molecule is CC(C)C1CNCCN1c1cc(F)c(F)cc1F. The minimum atomic E-state index is -1.15. The molecule has 1 saturated heterocycles. The van der Waals surface area contributed by atoms with Crippen LogP contribution in [-0.2, 0) is 0 Å². The van der Waals surface area contributed by atoms with Crippen LogP contribution in [0.25, 0.3) is 0 Å². The van der Waals surface area contributed by atoms with Gasteiger partial charge in [0.15, 0.2) is 11.6 Å². The van der Waals surface area contributed by atoms with Crippen LogP contribution in [-0.4, -0.2) is 25.7 Å². The molecule has 0 spiro atoms. The normalized spacial score (nSPS) is 20.6. The molecule has 1 aromatic rings. The quantitative estimate of drug-likeness (QED) is 0.820. The maximum Gasteiger partial charge on any atom is 0.161 e. The van der Waals surface area contributed by atoms with E-state index >= 15 is 0 Å². The second-order valence-corrected chi connectivity index (χ2v) is 4.93. The molecule has 1 atom stereocenters. The molecule has 0 bridgehead atoms. The Morgan fingerprint density at radius 1 is 1.17 bits per heavy atom. The van der Waals surface area contributed by atoms with Crippen molar-refractivity contribution in [1.29, 1.82) is 0 Å². The summed E-state index contributed by atoms with van der Waals surface area (Å²) in [7, 11) is 0. The van der Waals surface area contributed by atoms with Crippen molar-refractivity contribution in [2.24, 2.45) is 5.92 Å². The van der Waals surface area contributed by atoms with Gasteiger partial charge >= 0.3 is 0 Å². The van der Waals surface area contributed by atoms with Gasteiger partial charge in [-0.1, -0.05) is 13.8 Å². The molecule has 2 nitrogen and oxygen atoms in total. The fourth-order valence-corrected chi connectivity index (χ4v) is 2.35. The zero-order valence-corrected chi connectivity index (χ0v) is 10.5. The summed E-state index contributed by atoms with van der Waals surface area (Å²) in [6, 6.07) is 1.65. The first-order valence-electron chi connectivity index (χ1n) is 6.12. The Kier molecular flexibility index (Phi) is 3.80. The van der Waals surface area contributed by atoms with Gasteiger partial charge in [-0.15, -0.1) is 0 Å². The van der Waals surface area contributed by atoms with Crippen molar-refractivity contribution in [3.05, 3.63) is 29.6 Å². The van der Waals surface area contributed by atoms with Crippen molar-refractivity contribution >= 4 is 5.69 Å². The van der Waals surface area contributed by atoms with E-state index in [4.69, 9.17) is 0 Å². The number of hydrogen-bond donors (Lipinski definition) is 1.